The van der Waals surface area contributed by atoms with E-state index in [0.29, 0.717) is 18.9 Å². The van der Waals surface area contributed by atoms with E-state index >= 15 is 0 Å². The molecule has 3 atom stereocenters. The Bertz CT molecular complexity index is 849. The minimum atomic E-state index is -3.18. The van der Waals surface area contributed by atoms with Crippen LogP contribution in [0.1, 0.15) is 36.5 Å². The van der Waals surface area contributed by atoms with Crippen molar-refractivity contribution in [2.45, 2.75) is 44.9 Å². The summed E-state index contributed by atoms with van der Waals surface area (Å²) in [5, 5.41) is 14.1. The minimum Gasteiger partial charge on any atom is -0.391 e. The van der Waals surface area contributed by atoms with Crippen LogP contribution in [0.25, 0.3) is 0 Å². The van der Waals surface area contributed by atoms with E-state index in [4.69, 9.17) is 0 Å². The number of rotatable bonds is 6. The SMILES string of the molecule is CC(C)c1cccc(CN[C@H]2CS(=O)(=O)C[C@@H](Cc3ccccc3)[C@@H]2O)c1. The Kier molecular flexibility index (Phi) is 6.35. The highest BCUT2D eigenvalue weighted by atomic mass is 32.2. The molecule has 3 rings (SSSR count). The summed E-state index contributed by atoms with van der Waals surface area (Å²) in [6.07, 6.45) is -0.107. The number of benzene rings is 2. The molecule has 0 aromatic heterocycles. The molecule has 0 bridgehead atoms. The first-order valence-electron chi connectivity index (χ1n) is 9.59. The second-order valence-corrected chi connectivity index (χ2v) is 10.1. The molecule has 0 aliphatic carbocycles. The van der Waals surface area contributed by atoms with Crippen LogP contribution in [0, 0.1) is 5.92 Å². The molecular weight excluding hydrogens is 358 g/mol. The lowest BCUT2D eigenvalue weighted by molar-refractivity contribution is 0.0781. The van der Waals surface area contributed by atoms with Crippen molar-refractivity contribution < 1.29 is 13.5 Å². The molecule has 0 amide bonds. The molecule has 0 radical (unpaired) electrons. The lowest BCUT2D eigenvalue weighted by atomic mass is 9.91. The molecule has 1 heterocycles. The maximum absolute atomic E-state index is 12.4. The molecule has 2 N–H and O–H groups in total. The number of nitrogens with one attached hydrogen (secondary N) is 1. The Morgan fingerprint density at radius 1 is 1.04 bits per heavy atom. The van der Waals surface area contributed by atoms with Crippen LogP contribution in [-0.2, 0) is 22.8 Å². The number of aliphatic hydroxyl groups excluding tert-OH is 1. The van der Waals surface area contributed by atoms with Gasteiger partial charge in [0, 0.05) is 18.5 Å². The first-order valence-corrected chi connectivity index (χ1v) is 11.4. The quantitative estimate of drug-likeness (QED) is 0.800. The zero-order valence-corrected chi connectivity index (χ0v) is 16.8. The Morgan fingerprint density at radius 3 is 2.44 bits per heavy atom. The molecule has 1 saturated heterocycles. The Labute approximate surface area is 162 Å². The molecule has 0 unspecified atom stereocenters. The average molecular weight is 388 g/mol. The van der Waals surface area contributed by atoms with E-state index in [0.717, 1.165) is 11.1 Å². The zero-order valence-electron chi connectivity index (χ0n) is 16.0. The van der Waals surface area contributed by atoms with Crippen molar-refractivity contribution in [1.29, 1.82) is 0 Å². The van der Waals surface area contributed by atoms with E-state index in [-0.39, 0.29) is 17.4 Å². The van der Waals surface area contributed by atoms with Crippen molar-refractivity contribution in [3.05, 3.63) is 71.3 Å². The average Bonchev–Trinajstić information content (AvgIpc) is 2.64. The van der Waals surface area contributed by atoms with E-state index in [1.165, 1.54) is 5.56 Å². The van der Waals surface area contributed by atoms with Crippen molar-refractivity contribution >= 4 is 9.84 Å². The monoisotopic (exact) mass is 387 g/mol. The first kappa shape index (κ1) is 20.1. The van der Waals surface area contributed by atoms with Gasteiger partial charge in [0.05, 0.1) is 17.6 Å². The second kappa shape index (κ2) is 8.55. The van der Waals surface area contributed by atoms with Gasteiger partial charge in [0.1, 0.15) is 0 Å². The van der Waals surface area contributed by atoms with Crippen molar-refractivity contribution in [2.75, 3.05) is 11.5 Å². The fraction of sp³-hybridized carbons (Fsp3) is 0.455. The second-order valence-electron chi connectivity index (χ2n) is 7.90. The smallest absolute Gasteiger partial charge is 0.152 e. The summed E-state index contributed by atoms with van der Waals surface area (Å²) in [6.45, 7) is 4.85. The summed E-state index contributed by atoms with van der Waals surface area (Å²) in [5.41, 5.74) is 3.42. The van der Waals surface area contributed by atoms with E-state index in [9.17, 15) is 13.5 Å². The molecule has 1 aliphatic rings. The summed E-state index contributed by atoms with van der Waals surface area (Å²) in [5.74, 6) is 0.194. The molecule has 1 fully saturated rings. The van der Waals surface area contributed by atoms with Crippen LogP contribution in [-0.4, -0.2) is 37.2 Å². The van der Waals surface area contributed by atoms with Gasteiger partial charge in [-0.3, -0.25) is 0 Å². The van der Waals surface area contributed by atoms with Gasteiger partial charge >= 0.3 is 0 Å². The van der Waals surface area contributed by atoms with Crippen LogP contribution in [0.15, 0.2) is 54.6 Å². The normalized spacial score (nSPS) is 24.8. The summed E-state index contributed by atoms with van der Waals surface area (Å²) in [6, 6.07) is 17.6. The molecule has 5 heteroatoms. The highest BCUT2D eigenvalue weighted by molar-refractivity contribution is 7.91. The molecule has 1 aliphatic heterocycles. The van der Waals surface area contributed by atoms with E-state index in [1.54, 1.807) is 0 Å². The van der Waals surface area contributed by atoms with Crippen LogP contribution in [0.5, 0.6) is 0 Å². The van der Waals surface area contributed by atoms with Gasteiger partial charge in [-0.2, -0.15) is 0 Å². The van der Waals surface area contributed by atoms with Crippen LogP contribution in [0.2, 0.25) is 0 Å². The molecule has 0 saturated carbocycles. The van der Waals surface area contributed by atoms with Gasteiger partial charge in [-0.1, -0.05) is 68.4 Å². The lowest BCUT2D eigenvalue weighted by Crippen LogP contribution is -2.54. The highest BCUT2D eigenvalue weighted by Crippen LogP contribution is 2.24. The Morgan fingerprint density at radius 2 is 1.74 bits per heavy atom. The predicted molar refractivity (Wildman–Crippen MR) is 109 cm³/mol. The van der Waals surface area contributed by atoms with Crippen LogP contribution in [0.4, 0.5) is 0 Å². The molecule has 2 aromatic carbocycles. The standard InChI is InChI=1S/C22H29NO3S/c1-16(2)19-10-6-9-18(12-19)13-23-21-15-27(25,26)14-20(22(21)24)11-17-7-4-3-5-8-17/h3-10,12,16,20-24H,11,13-15H2,1-2H3/t20-,21+,22+/m1/s1. The number of hydrogen-bond acceptors (Lipinski definition) is 4. The van der Waals surface area contributed by atoms with Crippen molar-refractivity contribution in [1.82, 2.24) is 5.32 Å². The molecule has 27 heavy (non-hydrogen) atoms. The minimum absolute atomic E-state index is 0.0106. The molecular formula is C22H29NO3S. The number of sulfone groups is 1. The first-order chi connectivity index (χ1) is 12.8. The third-order valence-electron chi connectivity index (χ3n) is 5.32. The Balaban J connectivity index is 1.69. The van der Waals surface area contributed by atoms with E-state index in [2.05, 4.69) is 31.3 Å². The molecule has 2 aromatic rings. The topological polar surface area (TPSA) is 66.4 Å². The third-order valence-corrected chi connectivity index (χ3v) is 7.13. The highest BCUT2D eigenvalue weighted by Gasteiger charge is 2.39. The molecule has 0 spiro atoms. The van der Waals surface area contributed by atoms with E-state index < -0.39 is 22.0 Å². The van der Waals surface area contributed by atoms with Crippen molar-refractivity contribution in [2.24, 2.45) is 5.92 Å². The van der Waals surface area contributed by atoms with Gasteiger partial charge in [-0.25, -0.2) is 8.42 Å². The lowest BCUT2D eigenvalue weighted by Gasteiger charge is -2.35. The third kappa shape index (κ3) is 5.41. The predicted octanol–water partition coefficient (Wildman–Crippen LogP) is 2.92. The van der Waals surface area contributed by atoms with Gasteiger partial charge in [-0.05, 0) is 29.0 Å². The maximum atomic E-state index is 12.4. The molecule has 146 valence electrons. The van der Waals surface area contributed by atoms with Gasteiger partial charge < -0.3 is 10.4 Å². The van der Waals surface area contributed by atoms with E-state index in [1.807, 2.05) is 42.5 Å². The zero-order chi connectivity index (χ0) is 19.4. The molecule has 4 nitrogen and oxygen atoms in total. The summed E-state index contributed by atoms with van der Waals surface area (Å²) >= 11 is 0. The van der Waals surface area contributed by atoms with Crippen molar-refractivity contribution in [3.63, 3.8) is 0 Å². The fourth-order valence-electron chi connectivity index (χ4n) is 3.78. The summed E-state index contributed by atoms with van der Waals surface area (Å²) in [4.78, 5) is 0. The fourth-order valence-corrected chi connectivity index (χ4v) is 5.75. The van der Waals surface area contributed by atoms with Crippen molar-refractivity contribution in [3.8, 4) is 0 Å². The van der Waals surface area contributed by atoms with Gasteiger partial charge in [-0.15, -0.1) is 0 Å². The number of aliphatic hydroxyl groups is 1. The summed E-state index contributed by atoms with van der Waals surface area (Å²) < 4.78 is 24.8. The van der Waals surface area contributed by atoms with Gasteiger partial charge in [0.2, 0.25) is 0 Å². The number of hydrogen-bond donors (Lipinski definition) is 2. The summed E-state index contributed by atoms with van der Waals surface area (Å²) in [7, 11) is -3.18. The van der Waals surface area contributed by atoms with Crippen LogP contribution < -0.4 is 5.32 Å². The maximum Gasteiger partial charge on any atom is 0.152 e. The van der Waals surface area contributed by atoms with Gasteiger partial charge in [0.25, 0.3) is 0 Å². The van der Waals surface area contributed by atoms with Gasteiger partial charge in [0.15, 0.2) is 9.84 Å². The Hall–Kier alpha value is -1.69. The largest absolute Gasteiger partial charge is 0.391 e. The van der Waals surface area contributed by atoms with Crippen LogP contribution >= 0.6 is 0 Å². The van der Waals surface area contributed by atoms with Crippen LogP contribution in [0.3, 0.4) is 0 Å².